The van der Waals surface area contributed by atoms with Gasteiger partial charge in [-0.05, 0) is 42.8 Å². The number of benzene rings is 1. The lowest BCUT2D eigenvalue weighted by Crippen LogP contribution is -2.13. The highest BCUT2D eigenvalue weighted by Crippen LogP contribution is 2.16. The highest BCUT2D eigenvalue weighted by Gasteiger charge is 2.08. The van der Waals surface area contributed by atoms with E-state index >= 15 is 0 Å². The zero-order valence-electron chi connectivity index (χ0n) is 9.45. The summed E-state index contributed by atoms with van der Waals surface area (Å²) < 4.78 is 0.856. The van der Waals surface area contributed by atoms with Gasteiger partial charge in [-0.1, -0.05) is 27.5 Å². The average molecular weight is 327 g/mol. The minimum Gasteiger partial charge on any atom is -0.305 e. The monoisotopic (exact) mass is 325 g/mol. The maximum absolute atomic E-state index is 12.0. The van der Waals surface area contributed by atoms with Crippen LogP contribution in [0.25, 0.3) is 0 Å². The van der Waals surface area contributed by atoms with Crippen molar-refractivity contribution in [3.63, 3.8) is 0 Å². The van der Waals surface area contributed by atoms with E-state index in [4.69, 9.17) is 11.6 Å². The van der Waals surface area contributed by atoms with E-state index in [-0.39, 0.29) is 11.1 Å². The van der Waals surface area contributed by atoms with Gasteiger partial charge >= 0.3 is 0 Å². The molecule has 0 aliphatic heterocycles. The Balaban J connectivity index is 2.19. The minimum absolute atomic E-state index is 0.240. The zero-order valence-corrected chi connectivity index (χ0v) is 11.8. The molecule has 4 nitrogen and oxygen atoms in total. The van der Waals surface area contributed by atoms with Gasteiger partial charge in [0.1, 0.15) is 0 Å². The maximum atomic E-state index is 12.0. The Bertz CT molecular complexity index is 566. The topological polar surface area (TPSA) is 54.9 Å². The van der Waals surface area contributed by atoms with Gasteiger partial charge in [0.05, 0.1) is 0 Å². The molecule has 18 heavy (non-hydrogen) atoms. The number of nitrogens with one attached hydrogen (secondary N) is 1. The Morgan fingerprint density at radius 3 is 2.67 bits per heavy atom. The van der Waals surface area contributed by atoms with Crippen LogP contribution in [0, 0.1) is 6.92 Å². The first-order valence-corrected chi connectivity index (χ1v) is 6.29. The number of carbonyl (C=O) groups is 1. The van der Waals surface area contributed by atoms with Crippen LogP contribution >= 0.6 is 27.5 Å². The Hall–Kier alpha value is -1.46. The second kappa shape index (κ2) is 5.46. The molecule has 0 saturated heterocycles. The summed E-state index contributed by atoms with van der Waals surface area (Å²) >= 11 is 8.97. The molecule has 6 heteroatoms. The number of nitrogens with zero attached hydrogens (tertiary/aromatic N) is 2. The van der Waals surface area contributed by atoms with E-state index in [1.807, 2.05) is 13.0 Å². The van der Waals surface area contributed by atoms with E-state index in [0.717, 1.165) is 10.0 Å². The summed E-state index contributed by atoms with van der Waals surface area (Å²) in [4.78, 5) is 12.0. The molecule has 0 aliphatic carbocycles. The standard InChI is InChI=1S/C12H9BrClN3O/c1-7-4-8(6-9(13)5-7)12(18)15-11-3-2-10(14)16-17-11/h2-6H,1H3,(H,15,17,18). The van der Waals surface area contributed by atoms with E-state index in [1.165, 1.54) is 0 Å². The average Bonchev–Trinajstić information content (AvgIpc) is 2.31. The summed E-state index contributed by atoms with van der Waals surface area (Å²) in [6.07, 6.45) is 0. The fraction of sp³-hybridized carbons (Fsp3) is 0.0833. The molecule has 92 valence electrons. The molecule has 1 N–H and O–H groups in total. The molecule has 2 aromatic rings. The lowest BCUT2D eigenvalue weighted by molar-refractivity contribution is 0.102. The van der Waals surface area contributed by atoms with Crippen molar-refractivity contribution in [2.45, 2.75) is 6.92 Å². The fourth-order valence-corrected chi connectivity index (χ4v) is 2.15. The number of rotatable bonds is 2. The molecular weight excluding hydrogens is 318 g/mol. The van der Waals surface area contributed by atoms with Gasteiger partial charge in [-0.3, -0.25) is 4.79 Å². The van der Waals surface area contributed by atoms with Gasteiger partial charge in [0.15, 0.2) is 11.0 Å². The molecule has 0 spiro atoms. The van der Waals surface area contributed by atoms with Gasteiger partial charge in [-0.15, -0.1) is 10.2 Å². The Kier molecular flexibility index (Phi) is 3.93. The van der Waals surface area contributed by atoms with Crippen molar-refractivity contribution in [1.29, 1.82) is 0 Å². The first-order chi connectivity index (χ1) is 8.54. The summed E-state index contributed by atoms with van der Waals surface area (Å²) in [5, 5.41) is 10.3. The molecule has 0 atom stereocenters. The number of aromatic nitrogens is 2. The van der Waals surface area contributed by atoms with Crippen LogP contribution in [-0.2, 0) is 0 Å². The zero-order chi connectivity index (χ0) is 13.1. The van der Waals surface area contributed by atoms with Crippen molar-refractivity contribution in [3.8, 4) is 0 Å². The number of hydrogen-bond donors (Lipinski definition) is 1. The third-order valence-corrected chi connectivity index (χ3v) is 2.84. The molecule has 0 bridgehead atoms. The fourth-order valence-electron chi connectivity index (χ4n) is 1.44. The Labute approximate surface area is 118 Å². The summed E-state index contributed by atoms with van der Waals surface area (Å²) in [6, 6.07) is 8.63. The van der Waals surface area contributed by atoms with Crippen molar-refractivity contribution in [2.75, 3.05) is 5.32 Å². The van der Waals surface area contributed by atoms with Crippen LogP contribution in [0.2, 0.25) is 5.15 Å². The molecule has 2 rings (SSSR count). The predicted molar refractivity (Wildman–Crippen MR) is 73.9 cm³/mol. The SMILES string of the molecule is Cc1cc(Br)cc(C(=O)Nc2ccc(Cl)nn2)c1. The van der Waals surface area contributed by atoms with Crippen LogP contribution in [0.4, 0.5) is 5.82 Å². The molecule has 0 fully saturated rings. The van der Waals surface area contributed by atoms with Crippen LogP contribution in [0.1, 0.15) is 15.9 Å². The van der Waals surface area contributed by atoms with Crippen molar-refractivity contribution < 1.29 is 4.79 Å². The maximum Gasteiger partial charge on any atom is 0.256 e. The van der Waals surface area contributed by atoms with Crippen LogP contribution in [-0.4, -0.2) is 16.1 Å². The molecule has 1 aromatic carbocycles. The van der Waals surface area contributed by atoms with Crippen molar-refractivity contribution in [1.82, 2.24) is 10.2 Å². The molecule has 1 amide bonds. The summed E-state index contributed by atoms with van der Waals surface area (Å²) in [5.74, 6) is 0.123. The Morgan fingerprint density at radius 1 is 1.28 bits per heavy atom. The molecule has 0 radical (unpaired) electrons. The van der Waals surface area contributed by atoms with Crippen LogP contribution in [0.15, 0.2) is 34.8 Å². The number of halogens is 2. The van der Waals surface area contributed by atoms with E-state index in [9.17, 15) is 4.79 Å². The van der Waals surface area contributed by atoms with E-state index in [2.05, 4.69) is 31.4 Å². The molecule has 1 heterocycles. The smallest absolute Gasteiger partial charge is 0.256 e. The summed E-state index contributed by atoms with van der Waals surface area (Å²) in [5.41, 5.74) is 1.55. The second-order valence-electron chi connectivity index (χ2n) is 3.71. The van der Waals surface area contributed by atoms with Crippen LogP contribution < -0.4 is 5.32 Å². The number of amides is 1. The molecule has 0 saturated carbocycles. The predicted octanol–water partition coefficient (Wildman–Crippen LogP) is 3.45. The first kappa shape index (κ1) is 13.0. The lowest BCUT2D eigenvalue weighted by Gasteiger charge is -2.05. The van der Waals surface area contributed by atoms with Gasteiger partial charge in [0, 0.05) is 10.0 Å². The lowest BCUT2D eigenvalue weighted by atomic mass is 10.1. The number of anilines is 1. The highest BCUT2D eigenvalue weighted by atomic mass is 79.9. The number of aryl methyl sites for hydroxylation is 1. The van der Waals surface area contributed by atoms with E-state index in [1.54, 1.807) is 24.3 Å². The van der Waals surface area contributed by atoms with Gasteiger partial charge in [0.25, 0.3) is 5.91 Å². The van der Waals surface area contributed by atoms with E-state index < -0.39 is 0 Å². The molecule has 0 unspecified atom stereocenters. The molecule has 0 aliphatic rings. The van der Waals surface area contributed by atoms with Crippen LogP contribution in [0.3, 0.4) is 0 Å². The van der Waals surface area contributed by atoms with Gasteiger partial charge in [0.2, 0.25) is 0 Å². The number of hydrogen-bond acceptors (Lipinski definition) is 3. The second-order valence-corrected chi connectivity index (χ2v) is 5.02. The van der Waals surface area contributed by atoms with E-state index in [0.29, 0.717) is 11.4 Å². The summed E-state index contributed by atoms with van der Waals surface area (Å²) in [7, 11) is 0. The molecular formula is C12H9BrClN3O. The normalized spacial score (nSPS) is 10.2. The minimum atomic E-state index is -0.240. The van der Waals surface area contributed by atoms with Gasteiger partial charge in [-0.25, -0.2) is 0 Å². The van der Waals surface area contributed by atoms with Crippen molar-refractivity contribution in [2.24, 2.45) is 0 Å². The Morgan fingerprint density at radius 2 is 2.06 bits per heavy atom. The van der Waals surface area contributed by atoms with Crippen LogP contribution in [0.5, 0.6) is 0 Å². The number of carbonyl (C=O) groups excluding carboxylic acids is 1. The van der Waals surface area contributed by atoms with Crippen molar-refractivity contribution >= 4 is 39.3 Å². The first-order valence-electron chi connectivity index (χ1n) is 5.12. The summed E-state index contributed by atoms with van der Waals surface area (Å²) in [6.45, 7) is 1.92. The third-order valence-electron chi connectivity index (χ3n) is 2.18. The highest BCUT2D eigenvalue weighted by molar-refractivity contribution is 9.10. The quantitative estimate of drug-likeness (QED) is 0.919. The van der Waals surface area contributed by atoms with Gasteiger partial charge < -0.3 is 5.32 Å². The largest absolute Gasteiger partial charge is 0.305 e. The third kappa shape index (κ3) is 3.27. The van der Waals surface area contributed by atoms with Gasteiger partial charge in [-0.2, -0.15) is 0 Å². The van der Waals surface area contributed by atoms with Crippen molar-refractivity contribution in [3.05, 3.63) is 51.1 Å². The molecule has 1 aromatic heterocycles.